The number of phenolic OH excluding ortho intramolecular Hbond substituents is 1. The van der Waals surface area contributed by atoms with Crippen molar-refractivity contribution in [1.29, 1.82) is 0 Å². The summed E-state index contributed by atoms with van der Waals surface area (Å²) in [6, 6.07) is 3.36. The fourth-order valence-electron chi connectivity index (χ4n) is 1.76. The summed E-state index contributed by atoms with van der Waals surface area (Å²) in [5.74, 6) is 0.00741. The molecule has 0 amide bonds. The molecule has 0 atom stereocenters. The van der Waals surface area contributed by atoms with E-state index in [1.807, 2.05) is 19.2 Å². The number of benzene rings is 1. The van der Waals surface area contributed by atoms with Crippen LogP contribution in [0.5, 0.6) is 5.75 Å². The van der Waals surface area contributed by atoms with Gasteiger partial charge in [0.2, 0.25) is 0 Å². The largest absolute Gasteiger partial charge is 0.504 e. The molecule has 1 N–H and O–H groups in total. The normalized spacial score (nSPS) is 10.9. The molecule has 3 nitrogen and oxygen atoms in total. The maximum atomic E-state index is 11.6. The summed E-state index contributed by atoms with van der Waals surface area (Å²) in [5, 5.41) is 10.5. The van der Waals surface area contributed by atoms with E-state index in [2.05, 4.69) is 0 Å². The van der Waals surface area contributed by atoms with E-state index in [0.29, 0.717) is 5.56 Å². The van der Waals surface area contributed by atoms with Crippen LogP contribution in [0.3, 0.4) is 0 Å². The zero-order valence-electron chi connectivity index (χ0n) is 9.33. The van der Waals surface area contributed by atoms with Gasteiger partial charge in [-0.05, 0) is 31.7 Å². The standard InChI is InChI=1S/C12H12O3S/c1-6-4-5-8(13)10-9(6)11(16-3)7(2)12(14)15-10/h4-5,13H,1-3H3. The number of hydrogen-bond acceptors (Lipinski definition) is 4. The molecule has 1 aromatic heterocycles. The van der Waals surface area contributed by atoms with E-state index >= 15 is 0 Å². The Morgan fingerprint density at radius 1 is 1.31 bits per heavy atom. The van der Waals surface area contributed by atoms with Gasteiger partial charge in [-0.15, -0.1) is 11.8 Å². The van der Waals surface area contributed by atoms with Gasteiger partial charge in [0.05, 0.1) is 0 Å². The lowest BCUT2D eigenvalue weighted by molar-refractivity contribution is 0.455. The van der Waals surface area contributed by atoms with Gasteiger partial charge >= 0.3 is 5.63 Å². The first-order chi connectivity index (χ1) is 7.56. The molecule has 0 aliphatic heterocycles. The van der Waals surface area contributed by atoms with Gasteiger partial charge in [0, 0.05) is 15.8 Å². The van der Waals surface area contributed by atoms with Crippen LogP contribution in [-0.2, 0) is 0 Å². The average molecular weight is 236 g/mol. The average Bonchev–Trinajstić information content (AvgIpc) is 2.26. The molecule has 0 radical (unpaired) electrons. The number of hydrogen-bond donors (Lipinski definition) is 1. The maximum Gasteiger partial charge on any atom is 0.340 e. The Balaban J connectivity index is 3.08. The Morgan fingerprint density at radius 2 is 2.00 bits per heavy atom. The van der Waals surface area contributed by atoms with Crippen molar-refractivity contribution in [3.8, 4) is 5.75 Å². The quantitative estimate of drug-likeness (QED) is 0.611. The van der Waals surface area contributed by atoms with Crippen LogP contribution in [0.15, 0.2) is 26.2 Å². The van der Waals surface area contributed by atoms with E-state index in [9.17, 15) is 9.90 Å². The summed E-state index contributed by atoms with van der Waals surface area (Å²) in [6.45, 7) is 3.67. The van der Waals surface area contributed by atoms with Crippen molar-refractivity contribution in [2.75, 3.05) is 6.26 Å². The van der Waals surface area contributed by atoms with E-state index in [0.717, 1.165) is 15.8 Å². The van der Waals surface area contributed by atoms with E-state index in [1.54, 1.807) is 13.0 Å². The predicted molar refractivity (Wildman–Crippen MR) is 65.4 cm³/mol. The molecule has 2 aromatic rings. The second-order valence-corrected chi connectivity index (χ2v) is 4.47. The van der Waals surface area contributed by atoms with Crippen molar-refractivity contribution in [1.82, 2.24) is 0 Å². The zero-order valence-corrected chi connectivity index (χ0v) is 10.1. The molecule has 84 valence electrons. The topological polar surface area (TPSA) is 50.4 Å². The number of rotatable bonds is 1. The third kappa shape index (κ3) is 1.50. The highest BCUT2D eigenvalue weighted by atomic mass is 32.2. The van der Waals surface area contributed by atoms with E-state index < -0.39 is 5.63 Å². The Kier molecular flexibility index (Phi) is 2.68. The number of aryl methyl sites for hydroxylation is 1. The highest BCUT2D eigenvalue weighted by molar-refractivity contribution is 7.98. The molecule has 0 aliphatic rings. The van der Waals surface area contributed by atoms with Crippen molar-refractivity contribution in [3.05, 3.63) is 33.7 Å². The lowest BCUT2D eigenvalue weighted by Crippen LogP contribution is -2.05. The minimum absolute atomic E-state index is 0.00741. The minimum atomic E-state index is -0.391. The third-order valence-electron chi connectivity index (χ3n) is 2.62. The van der Waals surface area contributed by atoms with Crippen molar-refractivity contribution >= 4 is 22.7 Å². The Morgan fingerprint density at radius 3 is 2.62 bits per heavy atom. The highest BCUT2D eigenvalue weighted by Gasteiger charge is 2.14. The van der Waals surface area contributed by atoms with Gasteiger partial charge in [0.25, 0.3) is 0 Å². The van der Waals surface area contributed by atoms with Crippen molar-refractivity contribution < 1.29 is 9.52 Å². The van der Waals surface area contributed by atoms with Crippen LogP contribution < -0.4 is 5.63 Å². The fraction of sp³-hybridized carbons (Fsp3) is 0.250. The zero-order chi connectivity index (χ0) is 11.9. The summed E-state index contributed by atoms with van der Waals surface area (Å²) in [4.78, 5) is 12.5. The van der Waals surface area contributed by atoms with Crippen molar-refractivity contribution in [2.24, 2.45) is 0 Å². The lowest BCUT2D eigenvalue weighted by Gasteiger charge is -2.09. The second-order valence-electron chi connectivity index (χ2n) is 3.65. The number of thioether (sulfide) groups is 1. The summed E-state index contributed by atoms with van der Waals surface area (Å²) >= 11 is 1.49. The third-order valence-corrected chi connectivity index (χ3v) is 3.54. The minimum Gasteiger partial charge on any atom is -0.504 e. The van der Waals surface area contributed by atoms with Crippen LogP contribution in [0.25, 0.3) is 11.0 Å². The maximum absolute atomic E-state index is 11.6. The fourth-order valence-corrected chi connectivity index (χ4v) is 2.61. The second kappa shape index (κ2) is 3.87. The van der Waals surface area contributed by atoms with E-state index in [4.69, 9.17) is 4.42 Å². The van der Waals surface area contributed by atoms with Gasteiger partial charge in [0.15, 0.2) is 11.3 Å². The van der Waals surface area contributed by atoms with Crippen LogP contribution >= 0.6 is 11.8 Å². The van der Waals surface area contributed by atoms with Crippen molar-refractivity contribution in [3.63, 3.8) is 0 Å². The molecular formula is C12H12O3S. The van der Waals surface area contributed by atoms with Crippen LogP contribution in [0, 0.1) is 13.8 Å². The molecule has 0 spiro atoms. The Bertz CT molecular complexity index is 614. The molecule has 16 heavy (non-hydrogen) atoms. The molecule has 0 fully saturated rings. The molecule has 0 saturated carbocycles. The molecule has 4 heteroatoms. The molecule has 0 aliphatic carbocycles. The van der Waals surface area contributed by atoms with Gasteiger partial charge in [-0.3, -0.25) is 0 Å². The molecular weight excluding hydrogens is 224 g/mol. The van der Waals surface area contributed by atoms with Gasteiger partial charge in [0.1, 0.15) is 0 Å². The first-order valence-electron chi connectivity index (χ1n) is 4.86. The van der Waals surface area contributed by atoms with Gasteiger partial charge in [-0.25, -0.2) is 4.79 Å². The summed E-state index contributed by atoms with van der Waals surface area (Å²) in [5.41, 5.74) is 1.47. The van der Waals surface area contributed by atoms with Crippen LogP contribution in [0.1, 0.15) is 11.1 Å². The molecule has 1 aromatic carbocycles. The SMILES string of the molecule is CSc1c(C)c(=O)oc2c(O)ccc(C)c12. The number of fused-ring (bicyclic) bond motifs is 1. The smallest absolute Gasteiger partial charge is 0.340 e. The monoisotopic (exact) mass is 236 g/mol. The van der Waals surface area contributed by atoms with Crippen LogP contribution in [0.2, 0.25) is 0 Å². The lowest BCUT2D eigenvalue weighted by atomic mass is 10.1. The number of phenols is 1. The summed E-state index contributed by atoms with van der Waals surface area (Å²) in [6.07, 6.45) is 1.91. The summed E-state index contributed by atoms with van der Waals surface area (Å²) in [7, 11) is 0. The molecule has 0 saturated heterocycles. The Labute approximate surface area is 97.1 Å². The molecule has 0 unspecified atom stereocenters. The first kappa shape index (κ1) is 11.1. The van der Waals surface area contributed by atoms with Crippen LogP contribution in [0.4, 0.5) is 0 Å². The van der Waals surface area contributed by atoms with E-state index in [-0.39, 0.29) is 11.3 Å². The van der Waals surface area contributed by atoms with Crippen LogP contribution in [-0.4, -0.2) is 11.4 Å². The molecule has 1 heterocycles. The van der Waals surface area contributed by atoms with Gasteiger partial charge < -0.3 is 9.52 Å². The Hall–Kier alpha value is -1.42. The predicted octanol–water partition coefficient (Wildman–Crippen LogP) is 2.84. The molecule has 2 rings (SSSR count). The molecule has 0 bridgehead atoms. The number of aromatic hydroxyl groups is 1. The van der Waals surface area contributed by atoms with Gasteiger partial charge in [-0.1, -0.05) is 6.07 Å². The first-order valence-corrected chi connectivity index (χ1v) is 6.08. The van der Waals surface area contributed by atoms with Gasteiger partial charge in [-0.2, -0.15) is 0 Å². The highest BCUT2D eigenvalue weighted by Crippen LogP contribution is 2.34. The summed E-state index contributed by atoms with van der Waals surface area (Å²) < 4.78 is 5.13. The van der Waals surface area contributed by atoms with E-state index in [1.165, 1.54) is 11.8 Å². The van der Waals surface area contributed by atoms with Crippen molar-refractivity contribution in [2.45, 2.75) is 18.7 Å².